The van der Waals surface area contributed by atoms with Crippen molar-refractivity contribution in [2.24, 2.45) is 18.9 Å². The maximum absolute atomic E-state index is 4.34. The fourth-order valence-corrected chi connectivity index (χ4v) is 3.52. The van der Waals surface area contributed by atoms with Gasteiger partial charge in [-0.05, 0) is 24.8 Å². The second-order valence-electron chi connectivity index (χ2n) is 5.60. The lowest BCUT2D eigenvalue weighted by molar-refractivity contribution is 0.176. The van der Waals surface area contributed by atoms with E-state index in [0.717, 1.165) is 18.4 Å². The quantitative estimate of drug-likeness (QED) is 0.868. The van der Waals surface area contributed by atoms with Crippen LogP contribution < -0.4 is 5.32 Å². The highest BCUT2D eigenvalue weighted by Crippen LogP contribution is 2.40. The molecule has 18 heavy (non-hydrogen) atoms. The molecule has 3 atom stereocenters. The summed E-state index contributed by atoms with van der Waals surface area (Å²) in [6.07, 6.45) is 11.1. The highest BCUT2D eigenvalue weighted by Gasteiger charge is 2.31. The van der Waals surface area contributed by atoms with Crippen LogP contribution in [-0.4, -0.2) is 16.3 Å². The predicted molar refractivity (Wildman–Crippen MR) is 75.4 cm³/mol. The Kier molecular flexibility index (Phi) is 4.81. The molecule has 0 amide bonds. The van der Waals surface area contributed by atoms with Crippen molar-refractivity contribution >= 4 is 0 Å². The number of rotatable bonds is 5. The Hall–Kier alpha value is -0.830. The maximum atomic E-state index is 4.34. The van der Waals surface area contributed by atoms with Crippen LogP contribution >= 0.6 is 0 Å². The van der Waals surface area contributed by atoms with Gasteiger partial charge in [0.25, 0.3) is 0 Å². The van der Waals surface area contributed by atoms with Crippen molar-refractivity contribution < 1.29 is 0 Å². The monoisotopic (exact) mass is 249 g/mol. The Bertz CT molecular complexity index is 358. The van der Waals surface area contributed by atoms with Crippen LogP contribution in [0.3, 0.4) is 0 Å². The third kappa shape index (κ3) is 2.94. The molecule has 0 saturated heterocycles. The second kappa shape index (κ2) is 6.37. The average Bonchev–Trinajstić information content (AvgIpc) is 2.82. The summed E-state index contributed by atoms with van der Waals surface area (Å²) in [6.45, 7) is 5.58. The summed E-state index contributed by atoms with van der Waals surface area (Å²) in [5.41, 5.74) is 1.37. The van der Waals surface area contributed by atoms with E-state index in [1.165, 1.54) is 37.7 Å². The van der Waals surface area contributed by atoms with Crippen LogP contribution in [-0.2, 0) is 7.05 Å². The SMILES string of the molecule is CCNC(c1cnn(C)c1)C1CCCCC1CC. The van der Waals surface area contributed by atoms with Gasteiger partial charge in [-0.2, -0.15) is 5.10 Å². The molecule has 2 rings (SSSR count). The lowest BCUT2D eigenvalue weighted by atomic mass is 9.72. The molecule has 1 aromatic rings. The zero-order chi connectivity index (χ0) is 13.0. The zero-order valence-electron chi connectivity index (χ0n) is 12.0. The van der Waals surface area contributed by atoms with Gasteiger partial charge in [0.2, 0.25) is 0 Å². The summed E-state index contributed by atoms with van der Waals surface area (Å²) in [4.78, 5) is 0. The predicted octanol–water partition coefficient (Wildman–Crippen LogP) is 3.29. The molecule has 1 saturated carbocycles. The van der Waals surface area contributed by atoms with Crippen molar-refractivity contribution in [1.29, 1.82) is 0 Å². The fraction of sp³-hybridized carbons (Fsp3) is 0.800. The van der Waals surface area contributed by atoms with Crippen LogP contribution in [0.15, 0.2) is 12.4 Å². The van der Waals surface area contributed by atoms with E-state index < -0.39 is 0 Å². The number of hydrogen-bond acceptors (Lipinski definition) is 2. The van der Waals surface area contributed by atoms with Crippen molar-refractivity contribution in [3.63, 3.8) is 0 Å². The van der Waals surface area contributed by atoms with Crippen LogP contribution in [0, 0.1) is 11.8 Å². The molecule has 3 unspecified atom stereocenters. The highest BCUT2D eigenvalue weighted by atomic mass is 15.2. The number of nitrogens with zero attached hydrogens (tertiary/aromatic N) is 2. The fourth-order valence-electron chi connectivity index (χ4n) is 3.52. The Morgan fingerprint density at radius 1 is 1.39 bits per heavy atom. The van der Waals surface area contributed by atoms with E-state index in [1.807, 2.05) is 17.9 Å². The van der Waals surface area contributed by atoms with Crippen molar-refractivity contribution in [3.05, 3.63) is 18.0 Å². The van der Waals surface area contributed by atoms with Gasteiger partial charge in [0.1, 0.15) is 0 Å². The molecule has 3 heteroatoms. The third-order valence-corrected chi connectivity index (χ3v) is 4.43. The van der Waals surface area contributed by atoms with E-state index >= 15 is 0 Å². The molecule has 0 aliphatic heterocycles. The molecule has 0 bridgehead atoms. The largest absolute Gasteiger partial charge is 0.310 e. The van der Waals surface area contributed by atoms with Gasteiger partial charge in [-0.1, -0.05) is 39.5 Å². The maximum Gasteiger partial charge on any atom is 0.0537 e. The summed E-state index contributed by atoms with van der Waals surface area (Å²) in [7, 11) is 2.00. The van der Waals surface area contributed by atoms with Crippen molar-refractivity contribution in [3.8, 4) is 0 Å². The van der Waals surface area contributed by atoms with Gasteiger partial charge in [-0.25, -0.2) is 0 Å². The lowest BCUT2D eigenvalue weighted by Crippen LogP contribution is -2.34. The van der Waals surface area contributed by atoms with Crippen molar-refractivity contribution in [2.45, 2.75) is 52.0 Å². The molecule has 1 aliphatic carbocycles. The van der Waals surface area contributed by atoms with Crippen LogP contribution in [0.25, 0.3) is 0 Å². The molecule has 1 aromatic heterocycles. The zero-order valence-corrected chi connectivity index (χ0v) is 12.0. The van der Waals surface area contributed by atoms with Crippen LogP contribution in [0.1, 0.15) is 57.6 Å². The first kappa shape index (κ1) is 13.6. The molecular formula is C15H27N3. The van der Waals surface area contributed by atoms with Gasteiger partial charge in [0.05, 0.1) is 6.20 Å². The van der Waals surface area contributed by atoms with Crippen LogP contribution in [0.4, 0.5) is 0 Å². The average molecular weight is 249 g/mol. The van der Waals surface area contributed by atoms with E-state index in [0.29, 0.717) is 6.04 Å². The number of aryl methyl sites for hydroxylation is 1. The second-order valence-corrected chi connectivity index (χ2v) is 5.60. The molecule has 1 N–H and O–H groups in total. The molecule has 1 fully saturated rings. The standard InChI is InChI=1S/C15H27N3/c1-4-12-8-6-7-9-14(12)15(16-5-2)13-10-17-18(3)11-13/h10-12,14-16H,4-9H2,1-3H3. The lowest BCUT2D eigenvalue weighted by Gasteiger charge is -2.37. The van der Waals surface area contributed by atoms with Gasteiger partial charge in [-0.15, -0.1) is 0 Å². The van der Waals surface area contributed by atoms with Crippen molar-refractivity contribution in [1.82, 2.24) is 15.1 Å². The van der Waals surface area contributed by atoms with Gasteiger partial charge in [-0.3, -0.25) is 4.68 Å². The van der Waals surface area contributed by atoms with Crippen molar-refractivity contribution in [2.75, 3.05) is 6.54 Å². The molecule has 102 valence electrons. The number of aromatic nitrogens is 2. The molecule has 0 aromatic carbocycles. The molecule has 0 spiro atoms. The smallest absolute Gasteiger partial charge is 0.0537 e. The minimum absolute atomic E-state index is 0.494. The van der Waals surface area contributed by atoms with E-state index in [1.54, 1.807) is 0 Å². The summed E-state index contributed by atoms with van der Waals surface area (Å²) in [6, 6.07) is 0.494. The molecular weight excluding hydrogens is 222 g/mol. The summed E-state index contributed by atoms with van der Waals surface area (Å²) in [5.74, 6) is 1.66. The van der Waals surface area contributed by atoms with Gasteiger partial charge in [0.15, 0.2) is 0 Å². The first-order valence-electron chi connectivity index (χ1n) is 7.48. The molecule has 0 radical (unpaired) electrons. The Morgan fingerprint density at radius 2 is 2.17 bits per heavy atom. The minimum Gasteiger partial charge on any atom is -0.310 e. The van der Waals surface area contributed by atoms with E-state index in [9.17, 15) is 0 Å². The Labute approximate surface area is 111 Å². The highest BCUT2D eigenvalue weighted by molar-refractivity contribution is 5.12. The minimum atomic E-state index is 0.494. The summed E-state index contributed by atoms with van der Waals surface area (Å²) < 4.78 is 1.92. The Balaban J connectivity index is 2.17. The third-order valence-electron chi connectivity index (χ3n) is 4.43. The van der Waals surface area contributed by atoms with E-state index in [4.69, 9.17) is 0 Å². The normalized spacial score (nSPS) is 26.2. The van der Waals surface area contributed by atoms with Gasteiger partial charge in [0, 0.05) is 24.8 Å². The van der Waals surface area contributed by atoms with E-state index in [-0.39, 0.29) is 0 Å². The van der Waals surface area contributed by atoms with Crippen LogP contribution in [0.5, 0.6) is 0 Å². The molecule has 1 aliphatic rings. The number of hydrogen-bond donors (Lipinski definition) is 1. The van der Waals surface area contributed by atoms with Gasteiger partial charge >= 0.3 is 0 Å². The first-order chi connectivity index (χ1) is 8.76. The van der Waals surface area contributed by atoms with Gasteiger partial charge < -0.3 is 5.32 Å². The molecule has 1 heterocycles. The first-order valence-corrected chi connectivity index (χ1v) is 7.48. The van der Waals surface area contributed by atoms with E-state index in [2.05, 4.69) is 30.5 Å². The Morgan fingerprint density at radius 3 is 2.78 bits per heavy atom. The molecule has 3 nitrogen and oxygen atoms in total. The van der Waals surface area contributed by atoms with Crippen LogP contribution in [0.2, 0.25) is 0 Å². The number of nitrogens with one attached hydrogen (secondary N) is 1. The summed E-state index contributed by atoms with van der Waals surface area (Å²) in [5, 5.41) is 8.04. The topological polar surface area (TPSA) is 29.9 Å². The summed E-state index contributed by atoms with van der Waals surface area (Å²) >= 11 is 0.